The van der Waals surface area contributed by atoms with Gasteiger partial charge in [0.2, 0.25) is 0 Å². The van der Waals surface area contributed by atoms with Gasteiger partial charge in [0.1, 0.15) is 36.9 Å². The van der Waals surface area contributed by atoms with Gasteiger partial charge in [0.05, 0.1) is 36.3 Å². The maximum absolute atomic E-state index is 14.2. The minimum Gasteiger partial charge on any atom is -0.379 e. The predicted molar refractivity (Wildman–Crippen MR) is 146 cm³/mol. The quantitative estimate of drug-likeness (QED) is 0.262. The standard InChI is InChI=1S/2C13H18F2N4O3/c2*14-13(15)2-1-10(17-3-5-22-6-4-17)7-12(13)18-9-11(8-16-18)19(20)21/h2*8-10,12H,1-7H2. The summed E-state index contributed by atoms with van der Waals surface area (Å²) in [5.74, 6) is -5.80. The van der Waals surface area contributed by atoms with E-state index in [1.165, 1.54) is 0 Å². The molecule has 4 fully saturated rings. The normalized spacial score (nSPS) is 29.4. The number of nitro groups is 2. The minimum absolute atomic E-state index is 0.0387. The average Bonchev–Trinajstić information content (AvgIpc) is 3.69. The summed E-state index contributed by atoms with van der Waals surface area (Å²) in [7, 11) is 0. The van der Waals surface area contributed by atoms with Crippen LogP contribution in [0.3, 0.4) is 0 Å². The Kier molecular flexibility index (Phi) is 9.81. The molecule has 244 valence electrons. The fourth-order valence-electron chi connectivity index (χ4n) is 6.48. The number of ether oxygens (including phenoxy) is 2. The summed E-state index contributed by atoms with van der Waals surface area (Å²) < 4.78 is 69.6. The smallest absolute Gasteiger partial charge is 0.307 e. The molecule has 2 saturated heterocycles. The van der Waals surface area contributed by atoms with Crippen molar-refractivity contribution >= 4 is 11.4 Å². The predicted octanol–water partition coefficient (Wildman–Crippen LogP) is 3.70. The molecule has 6 rings (SSSR count). The number of nitrogens with zero attached hydrogens (tertiary/aromatic N) is 8. The van der Waals surface area contributed by atoms with Crippen LogP contribution in [0.5, 0.6) is 0 Å². The SMILES string of the molecule is O=[N+]([O-])c1cnn(C2CC(N3CCOCC3)CCC2(F)F)c1.O=[N+]([O-])c1cnn(C2CC(N3CCOCC3)CCC2(F)F)c1. The molecule has 2 aromatic rings. The van der Waals surface area contributed by atoms with E-state index in [2.05, 4.69) is 20.0 Å². The van der Waals surface area contributed by atoms with Crippen molar-refractivity contribution in [3.05, 3.63) is 45.0 Å². The van der Waals surface area contributed by atoms with Crippen molar-refractivity contribution in [3.63, 3.8) is 0 Å². The monoisotopic (exact) mass is 632 g/mol. The minimum atomic E-state index is -2.90. The number of hydrogen-bond acceptors (Lipinski definition) is 10. The van der Waals surface area contributed by atoms with Gasteiger partial charge in [0, 0.05) is 51.1 Å². The highest BCUT2D eigenvalue weighted by atomic mass is 19.3. The molecule has 2 aromatic heterocycles. The van der Waals surface area contributed by atoms with Crippen LogP contribution in [0.4, 0.5) is 28.9 Å². The Morgan fingerprint density at radius 2 is 1.07 bits per heavy atom. The van der Waals surface area contributed by atoms with Crippen LogP contribution >= 0.6 is 0 Å². The lowest BCUT2D eigenvalue weighted by atomic mass is 9.86. The summed E-state index contributed by atoms with van der Waals surface area (Å²) in [4.78, 5) is 24.5. The van der Waals surface area contributed by atoms with E-state index in [0.29, 0.717) is 39.3 Å². The Balaban J connectivity index is 0.000000175. The molecule has 0 radical (unpaired) electrons. The molecule has 44 heavy (non-hydrogen) atoms. The second-order valence-corrected chi connectivity index (χ2v) is 11.6. The van der Waals surface area contributed by atoms with Gasteiger partial charge in [0.15, 0.2) is 0 Å². The molecule has 2 aliphatic carbocycles. The van der Waals surface area contributed by atoms with Crippen LogP contribution in [0.2, 0.25) is 0 Å². The van der Waals surface area contributed by atoms with E-state index in [-0.39, 0.29) is 49.1 Å². The van der Waals surface area contributed by atoms with Crippen LogP contribution < -0.4 is 0 Å². The van der Waals surface area contributed by atoms with Gasteiger partial charge < -0.3 is 9.47 Å². The Morgan fingerprint density at radius 1 is 0.705 bits per heavy atom. The van der Waals surface area contributed by atoms with E-state index in [0.717, 1.165) is 60.3 Å². The van der Waals surface area contributed by atoms with Crippen LogP contribution in [0, 0.1) is 20.2 Å². The lowest BCUT2D eigenvalue weighted by Gasteiger charge is -2.42. The summed E-state index contributed by atoms with van der Waals surface area (Å²) in [6, 6.07) is -2.20. The first-order valence-electron chi connectivity index (χ1n) is 14.7. The van der Waals surface area contributed by atoms with E-state index in [1.54, 1.807) is 0 Å². The van der Waals surface area contributed by atoms with Crippen molar-refractivity contribution in [1.82, 2.24) is 29.4 Å². The number of rotatable bonds is 6. The Bertz CT molecular complexity index is 1190. The highest BCUT2D eigenvalue weighted by Gasteiger charge is 2.49. The number of halogens is 4. The van der Waals surface area contributed by atoms with Crippen LogP contribution in [-0.2, 0) is 9.47 Å². The van der Waals surface area contributed by atoms with Crippen molar-refractivity contribution in [2.24, 2.45) is 0 Å². The first-order valence-corrected chi connectivity index (χ1v) is 14.7. The maximum atomic E-state index is 14.2. The molecule has 4 aliphatic rings. The molecule has 14 nitrogen and oxygen atoms in total. The summed E-state index contributed by atoms with van der Waals surface area (Å²) >= 11 is 0. The largest absolute Gasteiger partial charge is 0.379 e. The summed E-state index contributed by atoms with van der Waals surface area (Å²) in [6.07, 6.45) is 5.11. The molecular formula is C26H36F4N8O6. The van der Waals surface area contributed by atoms with Gasteiger partial charge in [-0.25, -0.2) is 17.6 Å². The molecule has 0 N–H and O–H groups in total. The average molecular weight is 633 g/mol. The molecule has 0 bridgehead atoms. The molecule has 4 atom stereocenters. The van der Waals surface area contributed by atoms with Crippen LogP contribution in [0.25, 0.3) is 0 Å². The number of hydrogen-bond donors (Lipinski definition) is 0. The first-order chi connectivity index (χ1) is 20.9. The lowest BCUT2D eigenvalue weighted by Crippen LogP contribution is -2.49. The fraction of sp³-hybridized carbons (Fsp3) is 0.769. The van der Waals surface area contributed by atoms with Gasteiger partial charge in [-0.15, -0.1) is 0 Å². The molecule has 0 spiro atoms. The van der Waals surface area contributed by atoms with E-state index < -0.39 is 33.8 Å². The number of alkyl halides is 4. The molecule has 0 amide bonds. The molecule has 4 heterocycles. The summed E-state index contributed by atoms with van der Waals surface area (Å²) in [5, 5.41) is 29.0. The van der Waals surface area contributed by atoms with E-state index in [1.807, 2.05) is 0 Å². The Morgan fingerprint density at radius 3 is 1.39 bits per heavy atom. The topological polar surface area (TPSA) is 147 Å². The third-order valence-electron chi connectivity index (χ3n) is 8.95. The van der Waals surface area contributed by atoms with Crippen molar-refractivity contribution < 1.29 is 36.9 Å². The van der Waals surface area contributed by atoms with Gasteiger partial charge in [0.25, 0.3) is 11.8 Å². The van der Waals surface area contributed by atoms with Crippen LogP contribution in [0.15, 0.2) is 24.8 Å². The molecular weight excluding hydrogens is 596 g/mol. The lowest BCUT2D eigenvalue weighted by molar-refractivity contribution is -0.385. The summed E-state index contributed by atoms with van der Waals surface area (Å²) in [5.41, 5.74) is -0.520. The molecule has 18 heteroatoms. The third kappa shape index (κ3) is 7.35. The summed E-state index contributed by atoms with van der Waals surface area (Å²) in [6.45, 7) is 5.42. The van der Waals surface area contributed by atoms with Crippen molar-refractivity contribution in [2.75, 3.05) is 52.6 Å². The highest BCUT2D eigenvalue weighted by molar-refractivity contribution is 5.22. The van der Waals surface area contributed by atoms with Gasteiger partial charge >= 0.3 is 11.4 Å². The van der Waals surface area contributed by atoms with Crippen LogP contribution in [0.1, 0.15) is 50.6 Å². The van der Waals surface area contributed by atoms with Crippen LogP contribution in [-0.4, -0.2) is 116 Å². The zero-order valence-corrected chi connectivity index (χ0v) is 24.1. The highest BCUT2D eigenvalue weighted by Crippen LogP contribution is 2.44. The second-order valence-electron chi connectivity index (χ2n) is 11.6. The zero-order valence-electron chi connectivity index (χ0n) is 24.1. The third-order valence-corrected chi connectivity index (χ3v) is 8.95. The molecule has 4 unspecified atom stereocenters. The Labute approximate surface area is 250 Å². The van der Waals surface area contributed by atoms with Gasteiger partial charge in [-0.3, -0.25) is 39.4 Å². The molecule has 2 saturated carbocycles. The molecule has 0 aromatic carbocycles. The van der Waals surface area contributed by atoms with Crippen molar-refractivity contribution in [1.29, 1.82) is 0 Å². The van der Waals surface area contributed by atoms with Crippen molar-refractivity contribution in [2.45, 2.75) is 74.5 Å². The van der Waals surface area contributed by atoms with E-state index in [9.17, 15) is 37.8 Å². The fourth-order valence-corrected chi connectivity index (χ4v) is 6.48. The van der Waals surface area contributed by atoms with Gasteiger partial charge in [-0.2, -0.15) is 10.2 Å². The van der Waals surface area contributed by atoms with Crippen molar-refractivity contribution in [3.8, 4) is 0 Å². The van der Waals surface area contributed by atoms with Gasteiger partial charge in [-0.1, -0.05) is 0 Å². The second kappa shape index (κ2) is 13.4. The Hall–Kier alpha value is -3.22. The maximum Gasteiger partial charge on any atom is 0.307 e. The van der Waals surface area contributed by atoms with Gasteiger partial charge in [-0.05, 0) is 25.7 Å². The van der Waals surface area contributed by atoms with E-state index in [4.69, 9.17) is 9.47 Å². The zero-order chi connectivity index (χ0) is 31.5. The number of morpholine rings is 2. The van der Waals surface area contributed by atoms with E-state index >= 15 is 0 Å². The number of aromatic nitrogens is 4. The molecule has 2 aliphatic heterocycles. The first kappa shape index (κ1) is 32.2.